The van der Waals surface area contributed by atoms with Gasteiger partial charge in [0.05, 0.1) is 11.6 Å². The third kappa shape index (κ3) is 4.52. The largest absolute Gasteiger partial charge is 0.488 e. The van der Waals surface area contributed by atoms with Gasteiger partial charge in [0.1, 0.15) is 25.6 Å². The van der Waals surface area contributed by atoms with Gasteiger partial charge in [0.15, 0.2) is 11.5 Å². The average Bonchev–Trinajstić information content (AvgIpc) is 2.78. The highest BCUT2D eigenvalue weighted by atomic mass is 35.5. The summed E-state index contributed by atoms with van der Waals surface area (Å²) in [6.07, 6.45) is 0. The van der Waals surface area contributed by atoms with Crippen LogP contribution < -0.4 is 19.5 Å². The van der Waals surface area contributed by atoms with Crippen molar-refractivity contribution in [3.8, 4) is 17.2 Å². The Labute approximate surface area is 180 Å². The lowest BCUT2D eigenvalue weighted by molar-refractivity contribution is 0.0935. The Morgan fingerprint density at radius 1 is 1.03 bits per heavy atom. The molecule has 1 amide bonds. The lowest BCUT2D eigenvalue weighted by Gasteiger charge is -2.21. The van der Waals surface area contributed by atoms with Crippen LogP contribution in [0.3, 0.4) is 0 Å². The first-order valence-corrected chi connectivity index (χ1v) is 10.2. The van der Waals surface area contributed by atoms with Crippen molar-refractivity contribution in [2.75, 3.05) is 13.2 Å². The maximum atomic E-state index is 12.9. The summed E-state index contributed by atoms with van der Waals surface area (Å²) in [7, 11) is 0. The van der Waals surface area contributed by atoms with Crippen LogP contribution in [0.15, 0.2) is 66.7 Å². The highest BCUT2D eigenvalue weighted by Crippen LogP contribution is 2.32. The Hall–Kier alpha value is -3.18. The van der Waals surface area contributed by atoms with Crippen molar-refractivity contribution in [2.24, 2.45) is 0 Å². The van der Waals surface area contributed by atoms with Crippen molar-refractivity contribution < 1.29 is 19.0 Å². The van der Waals surface area contributed by atoms with Crippen LogP contribution in [0.1, 0.15) is 34.5 Å². The van der Waals surface area contributed by atoms with E-state index in [0.29, 0.717) is 35.3 Å². The van der Waals surface area contributed by atoms with Crippen molar-refractivity contribution >= 4 is 17.5 Å². The second-order valence-electron chi connectivity index (χ2n) is 6.97. The second-order valence-corrected chi connectivity index (χ2v) is 7.38. The van der Waals surface area contributed by atoms with E-state index in [1.165, 1.54) is 0 Å². The molecular weight excluding hydrogens is 402 g/mol. The molecule has 1 aliphatic rings. The number of hydrogen-bond acceptors (Lipinski definition) is 4. The summed E-state index contributed by atoms with van der Waals surface area (Å²) < 4.78 is 17.1. The van der Waals surface area contributed by atoms with E-state index >= 15 is 0 Å². The van der Waals surface area contributed by atoms with Gasteiger partial charge in [0.25, 0.3) is 5.91 Å². The first-order valence-electron chi connectivity index (χ1n) is 9.77. The third-order valence-electron chi connectivity index (χ3n) is 4.89. The first-order chi connectivity index (χ1) is 14.6. The zero-order chi connectivity index (χ0) is 20.9. The fourth-order valence-electron chi connectivity index (χ4n) is 3.24. The number of rotatable bonds is 6. The summed E-state index contributed by atoms with van der Waals surface area (Å²) in [5.74, 6) is 1.71. The van der Waals surface area contributed by atoms with E-state index in [0.717, 1.165) is 16.9 Å². The van der Waals surface area contributed by atoms with Gasteiger partial charge in [-0.2, -0.15) is 0 Å². The van der Waals surface area contributed by atoms with E-state index in [9.17, 15) is 4.79 Å². The highest BCUT2D eigenvalue weighted by molar-refractivity contribution is 6.31. The SMILES string of the molecule is CC(NC(=O)c1ccccc1OCc1ccccc1Cl)c1ccc2c(c1)OCCO2. The van der Waals surface area contributed by atoms with Crippen LogP contribution >= 0.6 is 11.6 Å². The number of carbonyl (C=O) groups is 1. The van der Waals surface area contributed by atoms with Crippen molar-refractivity contribution in [1.82, 2.24) is 5.32 Å². The minimum atomic E-state index is -0.218. The number of halogens is 1. The summed E-state index contributed by atoms with van der Waals surface area (Å²) >= 11 is 6.20. The summed E-state index contributed by atoms with van der Waals surface area (Å²) in [4.78, 5) is 12.9. The first kappa shape index (κ1) is 20.1. The van der Waals surface area contributed by atoms with E-state index in [4.69, 9.17) is 25.8 Å². The molecule has 0 aliphatic carbocycles. The molecule has 1 atom stereocenters. The van der Waals surface area contributed by atoms with Gasteiger partial charge in [0.2, 0.25) is 0 Å². The number of amides is 1. The predicted octanol–water partition coefficient (Wildman–Crippen LogP) is 5.18. The highest BCUT2D eigenvalue weighted by Gasteiger charge is 2.18. The predicted molar refractivity (Wildman–Crippen MR) is 116 cm³/mol. The molecule has 3 aromatic rings. The Bertz CT molecular complexity index is 1050. The van der Waals surface area contributed by atoms with E-state index in [1.807, 2.05) is 61.5 Å². The van der Waals surface area contributed by atoms with Gasteiger partial charge in [-0.05, 0) is 42.8 Å². The molecule has 0 spiro atoms. The summed E-state index contributed by atoms with van der Waals surface area (Å²) in [6.45, 7) is 3.27. The molecule has 30 heavy (non-hydrogen) atoms. The van der Waals surface area contributed by atoms with Crippen LogP contribution in [0.2, 0.25) is 5.02 Å². The van der Waals surface area contributed by atoms with Gasteiger partial charge >= 0.3 is 0 Å². The van der Waals surface area contributed by atoms with Gasteiger partial charge in [-0.1, -0.05) is 48.0 Å². The van der Waals surface area contributed by atoms with Crippen LogP contribution in [-0.4, -0.2) is 19.1 Å². The van der Waals surface area contributed by atoms with Crippen LogP contribution in [0.5, 0.6) is 17.2 Å². The van der Waals surface area contributed by atoms with Crippen LogP contribution in [0.4, 0.5) is 0 Å². The normalized spacial score (nSPS) is 13.4. The monoisotopic (exact) mass is 423 g/mol. The minimum Gasteiger partial charge on any atom is -0.488 e. The van der Waals surface area contributed by atoms with Gasteiger partial charge < -0.3 is 19.5 Å². The Morgan fingerprint density at radius 3 is 2.60 bits per heavy atom. The summed E-state index contributed by atoms with van der Waals surface area (Å²) in [5, 5.41) is 3.66. The molecule has 4 rings (SSSR count). The van der Waals surface area contributed by atoms with Gasteiger partial charge in [0, 0.05) is 10.6 Å². The fourth-order valence-corrected chi connectivity index (χ4v) is 3.43. The number of para-hydroxylation sites is 1. The van der Waals surface area contributed by atoms with E-state index in [-0.39, 0.29) is 18.6 Å². The molecule has 3 aromatic carbocycles. The molecule has 154 valence electrons. The number of fused-ring (bicyclic) bond motifs is 1. The molecule has 1 unspecified atom stereocenters. The number of carbonyl (C=O) groups excluding carboxylic acids is 1. The Balaban J connectivity index is 1.46. The molecule has 0 saturated heterocycles. The van der Waals surface area contributed by atoms with Crippen molar-refractivity contribution in [3.05, 3.63) is 88.4 Å². The van der Waals surface area contributed by atoms with Crippen molar-refractivity contribution in [1.29, 1.82) is 0 Å². The topological polar surface area (TPSA) is 56.8 Å². The van der Waals surface area contributed by atoms with E-state index in [1.54, 1.807) is 12.1 Å². The molecule has 1 heterocycles. The number of hydrogen-bond donors (Lipinski definition) is 1. The van der Waals surface area contributed by atoms with Crippen molar-refractivity contribution in [3.63, 3.8) is 0 Å². The second kappa shape index (κ2) is 9.09. The standard InChI is InChI=1S/C24H22ClNO4/c1-16(17-10-11-22-23(14-17)29-13-12-28-22)26-24(27)19-7-3-5-9-21(19)30-15-18-6-2-4-8-20(18)25/h2-11,14,16H,12-13,15H2,1H3,(H,26,27). The molecule has 5 nitrogen and oxygen atoms in total. The zero-order valence-corrected chi connectivity index (χ0v) is 17.3. The molecule has 0 saturated carbocycles. The number of nitrogens with one attached hydrogen (secondary N) is 1. The smallest absolute Gasteiger partial charge is 0.255 e. The third-order valence-corrected chi connectivity index (χ3v) is 5.26. The molecule has 6 heteroatoms. The maximum absolute atomic E-state index is 12.9. The van der Waals surface area contributed by atoms with Gasteiger partial charge in [-0.3, -0.25) is 4.79 Å². The molecule has 0 radical (unpaired) electrons. The molecule has 1 N–H and O–H groups in total. The molecule has 0 fully saturated rings. The molecule has 0 bridgehead atoms. The van der Waals surface area contributed by atoms with Gasteiger partial charge in [-0.25, -0.2) is 0 Å². The quantitative estimate of drug-likeness (QED) is 0.593. The zero-order valence-electron chi connectivity index (χ0n) is 16.6. The lowest BCUT2D eigenvalue weighted by Crippen LogP contribution is -2.27. The van der Waals surface area contributed by atoms with Gasteiger partial charge in [-0.15, -0.1) is 0 Å². The van der Waals surface area contributed by atoms with E-state index in [2.05, 4.69) is 5.32 Å². The van der Waals surface area contributed by atoms with E-state index < -0.39 is 0 Å². The molecular formula is C24H22ClNO4. The minimum absolute atomic E-state index is 0.216. The number of benzene rings is 3. The molecule has 0 aromatic heterocycles. The summed E-state index contributed by atoms with van der Waals surface area (Å²) in [6, 6.07) is 20.1. The average molecular weight is 424 g/mol. The van der Waals surface area contributed by atoms with Crippen LogP contribution in [0, 0.1) is 0 Å². The lowest BCUT2D eigenvalue weighted by atomic mass is 10.1. The Kier molecular flexibility index (Phi) is 6.10. The fraction of sp³-hybridized carbons (Fsp3) is 0.208. The number of ether oxygens (including phenoxy) is 3. The maximum Gasteiger partial charge on any atom is 0.255 e. The summed E-state index contributed by atoms with van der Waals surface area (Å²) in [5.41, 5.74) is 2.26. The van der Waals surface area contributed by atoms with Crippen LogP contribution in [-0.2, 0) is 6.61 Å². The Morgan fingerprint density at radius 2 is 1.77 bits per heavy atom. The van der Waals surface area contributed by atoms with Crippen LogP contribution in [0.25, 0.3) is 0 Å². The van der Waals surface area contributed by atoms with Crippen molar-refractivity contribution in [2.45, 2.75) is 19.6 Å². The molecule has 1 aliphatic heterocycles.